The van der Waals surface area contributed by atoms with Crippen molar-refractivity contribution >= 4 is 29.0 Å². The number of likely N-dealkylation sites (tertiary alicyclic amines) is 1. The highest BCUT2D eigenvalue weighted by molar-refractivity contribution is 6.31. The van der Waals surface area contributed by atoms with Gasteiger partial charge in [-0.1, -0.05) is 17.5 Å². The van der Waals surface area contributed by atoms with Crippen LogP contribution in [0.5, 0.6) is 11.6 Å². The maximum Gasteiger partial charge on any atom is 0.298 e. The SMILES string of the molecule is CC#CC(=O)N1CCCC1c1cc(-c2ccc(Oc3ncccc3Cl)cc2)n2c(N)nccc12. The second-order valence-electron chi connectivity index (χ2n) is 7.96. The summed E-state index contributed by atoms with van der Waals surface area (Å²) in [5.41, 5.74) is 10.1. The minimum atomic E-state index is -0.150. The Labute approximate surface area is 202 Å². The highest BCUT2D eigenvalue weighted by Crippen LogP contribution is 2.39. The van der Waals surface area contributed by atoms with E-state index in [1.54, 1.807) is 31.5 Å². The summed E-state index contributed by atoms with van der Waals surface area (Å²) in [4.78, 5) is 22.9. The summed E-state index contributed by atoms with van der Waals surface area (Å²) in [6.45, 7) is 2.37. The summed E-state index contributed by atoms with van der Waals surface area (Å²) in [6, 6.07) is 15.0. The van der Waals surface area contributed by atoms with E-state index in [9.17, 15) is 4.79 Å². The fraction of sp³-hybridized carbons (Fsp3) is 0.192. The van der Waals surface area contributed by atoms with Crippen LogP contribution in [0, 0.1) is 11.8 Å². The molecule has 1 aliphatic rings. The van der Waals surface area contributed by atoms with E-state index in [0.29, 0.717) is 29.1 Å². The number of amides is 1. The Balaban J connectivity index is 1.54. The van der Waals surface area contributed by atoms with Crippen molar-refractivity contribution in [3.05, 3.63) is 71.5 Å². The van der Waals surface area contributed by atoms with Crippen molar-refractivity contribution in [2.45, 2.75) is 25.8 Å². The Kier molecular flexibility index (Phi) is 5.83. The fourth-order valence-corrected chi connectivity index (χ4v) is 4.61. The van der Waals surface area contributed by atoms with Gasteiger partial charge in [0.05, 0.1) is 17.3 Å². The number of anilines is 1. The van der Waals surface area contributed by atoms with Crippen LogP contribution in [-0.2, 0) is 4.79 Å². The topological polar surface area (TPSA) is 85.8 Å². The number of nitrogens with zero attached hydrogens (tertiary/aromatic N) is 4. The van der Waals surface area contributed by atoms with E-state index < -0.39 is 0 Å². The van der Waals surface area contributed by atoms with Crippen molar-refractivity contribution in [1.29, 1.82) is 0 Å². The largest absolute Gasteiger partial charge is 0.438 e. The first-order chi connectivity index (χ1) is 16.6. The smallest absolute Gasteiger partial charge is 0.298 e. The molecule has 4 aromatic rings. The number of benzene rings is 1. The van der Waals surface area contributed by atoms with Crippen molar-refractivity contribution in [2.24, 2.45) is 0 Å². The Hall–Kier alpha value is -4.02. The average Bonchev–Trinajstić information content (AvgIpc) is 3.47. The molecule has 1 saturated heterocycles. The second-order valence-corrected chi connectivity index (χ2v) is 8.36. The summed E-state index contributed by atoms with van der Waals surface area (Å²) in [7, 11) is 0. The van der Waals surface area contributed by atoms with Crippen LogP contribution in [0.4, 0.5) is 5.95 Å². The molecule has 1 aromatic carbocycles. The number of aromatic nitrogens is 3. The van der Waals surface area contributed by atoms with Crippen molar-refractivity contribution in [3.8, 4) is 34.7 Å². The number of hydrogen-bond acceptors (Lipinski definition) is 5. The number of rotatable bonds is 4. The van der Waals surface area contributed by atoms with E-state index in [1.165, 1.54) is 0 Å². The average molecular weight is 472 g/mol. The third-order valence-corrected chi connectivity index (χ3v) is 6.22. The molecule has 1 atom stereocenters. The predicted molar refractivity (Wildman–Crippen MR) is 131 cm³/mol. The van der Waals surface area contributed by atoms with Crippen molar-refractivity contribution < 1.29 is 9.53 Å². The molecule has 8 heteroatoms. The van der Waals surface area contributed by atoms with Crippen LogP contribution in [0.25, 0.3) is 16.8 Å². The van der Waals surface area contributed by atoms with Gasteiger partial charge in [0, 0.05) is 24.5 Å². The zero-order chi connectivity index (χ0) is 23.7. The minimum Gasteiger partial charge on any atom is -0.438 e. The predicted octanol–water partition coefficient (Wildman–Crippen LogP) is 5.11. The molecule has 0 spiro atoms. The summed E-state index contributed by atoms with van der Waals surface area (Å²) in [6.07, 6.45) is 5.12. The van der Waals surface area contributed by atoms with Crippen LogP contribution in [0.1, 0.15) is 31.4 Å². The fourth-order valence-electron chi connectivity index (χ4n) is 4.45. The first-order valence-corrected chi connectivity index (χ1v) is 11.3. The highest BCUT2D eigenvalue weighted by atomic mass is 35.5. The summed E-state index contributed by atoms with van der Waals surface area (Å²) in [5.74, 6) is 6.59. The number of carbonyl (C=O) groups is 1. The normalized spacial score (nSPS) is 15.2. The van der Waals surface area contributed by atoms with Crippen molar-refractivity contribution in [1.82, 2.24) is 19.3 Å². The number of halogens is 1. The molecule has 1 aliphatic heterocycles. The van der Waals surface area contributed by atoms with Gasteiger partial charge in [-0.05, 0) is 79.8 Å². The van der Waals surface area contributed by atoms with Gasteiger partial charge in [0.25, 0.3) is 5.91 Å². The summed E-state index contributed by atoms with van der Waals surface area (Å²) >= 11 is 6.15. The van der Waals surface area contributed by atoms with Crippen molar-refractivity contribution in [3.63, 3.8) is 0 Å². The standard InChI is InChI=1S/C26H22ClN5O2/c1-2-5-24(33)31-15-4-7-21(31)19-16-23(32-22(19)12-14-30-26(32)28)17-8-10-18(11-9-17)34-25-20(27)6-3-13-29-25/h3,6,8-14,16,21H,4,7,15H2,1H3,(H2,28,30). The van der Waals surface area contributed by atoms with E-state index in [-0.39, 0.29) is 11.9 Å². The molecule has 2 N–H and O–H groups in total. The number of ether oxygens (including phenoxy) is 1. The maximum atomic E-state index is 12.6. The van der Waals surface area contributed by atoms with Gasteiger partial charge in [0.2, 0.25) is 11.8 Å². The lowest BCUT2D eigenvalue weighted by Crippen LogP contribution is -2.29. The zero-order valence-electron chi connectivity index (χ0n) is 18.5. The highest BCUT2D eigenvalue weighted by Gasteiger charge is 2.32. The molecular formula is C26H22ClN5O2. The lowest BCUT2D eigenvalue weighted by Gasteiger charge is -2.22. The molecule has 5 rings (SSSR count). The summed E-state index contributed by atoms with van der Waals surface area (Å²) < 4.78 is 7.74. The monoisotopic (exact) mass is 471 g/mol. The van der Waals surface area contributed by atoms with Crippen LogP contribution >= 0.6 is 11.6 Å². The number of fused-ring (bicyclic) bond motifs is 1. The molecule has 1 unspecified atom stereocenters. The lowest BCUT2D eigenvalue weighted by atomic mass is 10.0. The van der Waals surface area contributed by atoms with E-state index in [1.807, 2.05) is 39.6 Å². The minimum absolute atomic E-state index is 0.0622. The Morgan fingerprint density at radius 1 is 1.18 bits per heavy atom. The van der Waals surface area contributed by atoms with Crippen LogP contribution < -0.4 is 10.5 Å². The van der Waals surface area contributed by atoms with Gasteiger partial charge in [-0.3, -0.25) is 9.20 Å². The van der Waals surface area contributed by atoms with Gasteiger partial charge < -0.3 is 15.4 Å². The van der Waals surface area contributed by atoms with Gasteiger partial charge in [-0.2, -0.15) is 0 Å². The first-order valence-electron chi connectivity index (χ1n) is 10.9. The molecule has 34 heavy (non-hydrogen) atoms. The Bertz CT molecular complexity index is 1440. The third-order valence-electron chi connectivity index (χ3n) is 5.93. The van der Waals surface area contributed by atoms with Gasteiger partial charge in [-0.25, -0.2) is 9.97 Å². The molecule has 1 fully saturated rings. The molecule has 1 amide bonds. The van der Waals surface area contributed by atoms with E-state index in [0.717, 1.165) is 35.2 Å². The van der Waals surface area contributed by atoms with Crippen LogP contribution in [0.15, 0.2) is 60.9 Å². The van der Waals surface area contributed by atoms with Gasteiger partial charge in [0.15, 0.2) is 0 Å². The summed E-state index contributed by atoms with van der Waals surface area (Å²) in [5, 5.41) is 0.441. The van der Waals surface area contributed by atoms with Crippen LogP contribution in [0.2, 0.25) is 5.02 Å². The Morgan fingerprint density at radius 2 is 2.00 bits per heavy atom. The number of hydrogen-bond donors (Lipinski definition) is 1. The van der Waals surface area contributed by atoms with Crippen LogP contribution in [0.3, 0.4) is 0 Å². The molecule has 4 heterocycles. The van der Waals surface area contributed by atoms with Crippen molar-refractivity contribution in [2.75, 3.05) is 12.3 Å². The van der Waals surface area contributed by atoms with Crippen LogP contribution in [-0.4, -0.2) is 31.7 Å². The first kappa shape index (κ1) is 21.8. The zero-order valence-corrected chi connectivity index (χ0v) is 19.3. The molecular weight excluding hydrogens is 450 g/mol. The maximum absolute atomic E-state index is 12.6. The molecule has 7 nitrogen and oxygen atoms in total. The van der Waals surface area contributed by atoms with Gasteiger partial charge >= 0.3 is 0 Å². The third kappa shape index (κ3) is 3.93. The number of pyridine rings is 1. The molecule has 3 aromatic heterocycles. The number of carbonyl (C=O) groups excluding carboxylic acids is 1. The number of nitrogens with two attached hydrogens (primary N) is 1. The van der Waals surface area contributed by atoms with E-state index in [2.05, 4.69) is 27.9 Å². The second kappa shape index (κ2) is 9.08. The molecule has 0 aliphatic carbocycles. The Morgan fingerprint density at radius 3 is 2.76 bits per heavy atom. The van der Waals surface area contributed by atoms with Gasteiger partial charge in [-0.15, -0.1) is 0 Å². The van der Waals surface area contributed by atoms with Gasteiger partial charge in [0.1, 0.15) is 10.8 Å². The molecule has 0 saturated carbocycles. The van der Waals surface area contributed by atoms with E-state index in [4.69, 9.17) is 22.1 Å². The van der Waals surface area contributed by atoms with E-state index >= 15 is 0 Å². The quantitative estimate of drug-likeness (QED) is 0.418. The molecule has 170 valence electrons. The molecule has 0 bridgehead atoms. The molecule has 0 radical (unpaired) electrons. The number of nitrogen functional groups attached to an aromatic ring is 1. The lowest BCUT2D eigenvalue weighted by molar-refractivity contribution is -0.125.